The highest BCUT2D eigenvalue weighted by Gasteiger charge is 2.43. The fourth-order valence-corrected chi connectivity index (χ4v) is 4.53. The zero-order valence-corrected chi connectivity index (χ0v) is 19.5. The topological polar surface area (TPSA) is 88.3 Å². The first-order valence-electron chi connectivity index (χ1n) is 10.5. The summed E-state index contributed by atoms with van der Waals surface area (Å²) in [4.78, 5) is 32.5. The van der Waals surface area contributed by atoms with Crippen molar-refractivity contribution in [3.8, 4) is 10.4 Å². The first-order valence-corrected chi connectivity index (χ1v) is 11.4. The molecular weight excluding hydrogens is 415 g/mol. The molecule has 8 heteroatoms. The molecule has 168 valence electrons. The molecule has 1 saturated heterocycles. The van der Waals surface area contributed by atoms with Crippen molar-refractivity contribution >= 4 is 23.2 Å². The highest BCUT2D eigenvalue weighted by molar-refractivity contribution is 7.13. The summed E-state index contributed by atoms with van der Waals surface area (Å²) in [7, 11) is 0. The molecular formula is C23H31FN4O2S. The van der Waals surface area contributed by atoms with Crippen molar-refractivity contribution in [2.45, 2.75) is 65.3 Å². The highest BCUT2D eigenvalue weighted by atomic mass is 32.1. The Labute approximate surface area is 187 Å². The van der Waals surface area contributed by atoms with Crippen molar-refractivity contribution in [1.29, 1.82) is 0 Å². The lowest BCUT2D eigenvalue weighted by atomic mass is 9.86. The number of nitrogens with one attached hydrogen (secondary N) is 1. The molecule has 1 unspecified atom stereocenters. The number of hydrogen-bond donors (Lipinski definition) is 2. The third-order valence-corrected chi connectivity index (χ3v) is 6.79. The molecule has 1 fully saturated rings. The van der Waals surface area contributed by atoms with Crippen molar-refractivity contribution in [2.24, 2.45) is 11.1 Å². The van der Waals surface area contributed by atoms with E-state index >= 15 is 0 Å². The van der Waals surface area contributed by atoms with Crippen LogP contribution in [0.1, 0.15) is 51.4 Å². The van der Waals surface area contributed by atoms with Crippen LogP contribution in [0, 0.1) is 12.3 Å². The number of alkyl halides is 1. The van der Waals surface area contributed by atoms with Gasteiger partial charge in [0.1, 0.15) is 12.2 Å². The Bertz CT molecular complexity index is 938. The number of amides is 2. The smallest absolute Gasteiger partial charge is 0.243 e. The molecule has 0 aliphatic carbocycles. The molecule has 4 atom stereocenters. The minimum absolute atomic E-state index is 0.00918. The zero-order valence-electron chi connectivity index (χ0n) is 18.7. The number of aryl methyl sites for hydroxylation is 1. The van der Waals surface area contributed by atoms with Crippen LogP contribution in [0.15, 0.2) is 29.8 Å². The number of aromatic nitrogens is 1. The Kier molecular flexibility index (Phi) is 6.81. The predicted octanol–water partition coefficient (Wildman–Crippen LogP) is 3.61. The fraction of sp³-hybridized carbons (Fsp3) is 0.522. The maximum absolute atomic E-state index is 14.2. The first kappa shape index (κ1) is 23.3. The molecule has 1 aromatic heterocycles. The second kappa shape index (κ2) is 9.04. The van der Waals surface area contributed by atoms with Gasteiger partial charge in [-0.15, -0.1) is 11.3 Å². The van der Waals surface area contributed by atoms with Crippen molar-refractivity contribution < 1.29 is 14.0 Å². The number of hydrogen-bond acceptors (Lipinski definition) is 5. The summed E-state index contributed by atoms with van der Waals surface area (Å²) in [6.07, 6.45) is -1.24. The third kappa shape index (κ3) is 5.13. The number of halogens is 1. The normalized spacial score (nSPS) is 21.1. The zero-order chi connectivity index (χ0) is 22.9. The number of nitrogens with two attached hydrogens (primary N) is 1. The molecule has 6 nitrogen and oxygen atoms in total. The van der Waals surface area contributed by atoms with E-state index in [0.29, 0.717) is 0 Å². The SMILES string of the molecule is Cc1ncsc1-c1ccc([C@H](C)NC(=O)[C@@H]2C[C@H](F)CN2C(=O)C(N)C(C)(C)C)cc1. The van der Waals surface area contributed by atoms with Crippen LogP contribution in [-0.2, 0) is 9.59 Å². The summed E-state index contributed by atoms with van der Waals surface area (Å²) in [5, 5.41) is 2.94. The van der Waals surface area contributed by atoms with E-state index in [4.69, 9.17) is 5.73 Å². The monoisotopic (exact) mass is 446 g/mol. The van der Waals surface area contributed by atoms with Gasteiger partial charge in [0, 0.05) is 6.42 Å². The molecule has 3 rings (SSSR count). The fourth-order valence-electron chi connectivity index (χ4n) is 3.72. The van der Waals surface area contributed by atoms with Gasteiger partial charge >= 0.3 is 0 Å². The Morgan fingerprint density at radius 1 is 1.29 bits per heavy atom. The van der Waals surface area contributed by atoms with Crippen molar-refractivity contribution in [1.82, 2.24) is 15.2 Å². The van der Waals surface area contributed by atoms with Gasteiger partial charge in [-0.05, 0) is 30.4 Å². The van der Waals surface area contributed by atoms with Crippen molar-refractivity contribution in [3.05, 3.63) is 41.0 Å². The maximum atomic E-state index is 14.2. The molecule has 2 aromatic rings. The largest absolute Gasteiger partial charge is 0.348 e. The Balaban J connectivity index is 1.69. The molecule has 0 spiro atoms. The van der Waals surface area contributed by atoms with Gasteiger partial charge in [0.2, 0.25) is 11.8 Å². The molecule has 31 heavy (non-hydrogen) atoms. The lowest BCUT2D eigenvalue weighted by molar-refractivity contribution is -0.141. The van der Waals surface area contributed by atoms with Crippen LogP contribution >= 0.6 is 11.3 Å². The lowest BCUT2D eigenvalue weighted by Gasteiger charge is -2.32. The van der Waals surface area contributed by atoms with Gasteiger partial charge < -0.3 is 16.0 Å². The van der Waals surface area contributed by atoms with Crippen LogP contribution in [0.4, 0.5) is 4.39 Å². The number of thiazole rings is 1. The summed E-state index contributed by atoms with van der Waals surface area (Å²) < 4.78 is 14.2. The maximum Gasteiger partial charge on any atom is 0.243 e. The number of likely N-dealkylation sites (tertiary alicyclic amines) is 1. The average molecular weight is 447 g/mol. The van der Waals surface area contributed by atoms with Gasteiger partial charge in [0.05, 0.1) is 34.7 Å². The quantitative estimate of drug-likeness (QED) is 0.734. The van der Waals surface area contributed by atoms with E-state index in [0.717, 1.165) is 21.7 Å². The molecule has 0 radical (unpaired) electrons. The summed E-state index contributed by atoms with van der Waals surface area (Å²) in [5.41, 5.74) is 10.4. The van der Waals surface area contributed by atoms with Crippen LogP contribution in [-0.4, -0.2) is 46.5 Å². The number of nitrogens with zero attached hydrogens (tertiary/aromatic N) is 2. The lowest BCUT2D eigenvalue weighted by Crippen LogP contribution is -2.55. The molecule has 1 aliphatic rings. The third-order valence-electron chi connectivity index (χ3n) is 5.81. The summed E-state index contributed by atoms with van der Waals surface area (Å²) in [5.74, 6) is -0.741. The van der Waals surface area contributed by atoms with Crippen molar-refractivity contribution in [3.63, 3.8) is 0 Å². The Morgan fingerprint density at radius 3 is 2.48 bits per heavy atom. The average Bonchev–Trinajstić information content (AvgIpc) is 3.31. The number of benzene rings is 1. The Morgan fingerprint density at radius 2 is 1.94 bits per heavy atom. The van der Waals surface area contributed by atoms with Gasteiger partial charge in [-0.2, -0.15) is 0 Å². The summed E-state index contributed by atoms with van der Waals surface area (Å²) >= 11 is 1.59. The molecule has 2 amide bonds. The van der Waals surface area contributed by atoms with Crippen LogP contribution < -0.4 is 11.1 Å². The minimum atomic E-state index is -1.23. The van der Waals surface area contributed by atoms with Crippen LogP contribution in [0.5, 0.6) is 0 Å². The Hall–Kier alpha value is -2.32. The van der Waals surface area contributed by atoms with E-state index in [9.17, 15) is 14.0 Å². The second-order valence-electron chi connectivity index (χ2n) is 9.30. The van der Waals surface area contributed by atoms with E-state index in [1.165, 1.54) is 4.90 Å². The standard InChI is InChI=1S/C23H31FN4O2S/c1-13(15-6-8-16(9-7-15)19-14(2)26-12-31-19)27-21(29)18-10-17(24)11-28(18)22(30)20(25)23(3,4)5/h6-9,12-13,17-18,20H,10-11,25H2,1-5H3,(H,27,29)/t13-,17-,18-,20?/m0/s1. The van der Waals surface area contributed by atoms with Crippen molar-refractivity contribution in [2.75, 3.05) is 6.54 Å². The molecule has 0 bridgehead atoms. The van der Waals surface area contributed by atoms with Gasteiger partial charge in [0.25, 0.3) is 0 Å². The van der Waals surface area contributed by atoms with E-state index < -0.39 is 23.7 Å². The highest BCUT2D eigenvalue weighted by Crippen LogP contribution is 2.29. The molecule has 3 N–H and O–H groups in total. The predicted molar refractivity (Wildman–Crippen MR) is 121 cm³/mol. The molecule has 1 aliphatic heterocycles. The van der Waals surface area contributed by atoms with E-state index in [2.05, 4.69) is 10.3 Å². The van der Waals surface area contributed by atoms with E-state index in [1.54, 1.807) is 11.3 Å². The van der Waals surface area contributed by atoms with Gasteiger partial charge in [0.15, 0.2) is 0 Å². The van der Waals surface area contributed by atoms with Crippen LogP contribution in [0.2, 0.25) is 0 Å². The number of rotatable bonds is 5. The second-order valence-corrected chi connectivity index (χ2v) is 10.2. The van der Waals surface area contributed by atoms with E-state index in [1.807, 2.05) is 64.4 Å². The van der Waals surface area contributed by atoms with Gasteiger partial charge in [-0.3, -0.25) is 9.59 Å². The number of carbonyl (C=O) groups excluding carboxylic acids is 2. The summed E-state index contributed by atoms with van der Waals surface area (Å²) in [6.45, 7) is 9.31. The van der Waals surface area contributed by atoms with Gasteiger partial charge in [-0.1, -0.05) is 45.0 Å². The number of carbonyl (C=O) groups is 2. The van der Waals surface area contributed by atoms with Crippen LogP contribution in [0.3, 0.4) is 0 Å². The van der Waals surface area contributed by atoms with Gasteiger partial charge in [-0.25, -0.2) is 9.37 Å². The summed E-state index contributed by atoms with van der Waals surface area (Å²) in [6, 6.07) is 6.00. The van der Waals surface area contributed by atoms with E-state index in [-0.39, 0.29) is 30.8 Å². The molecule has 2 heterocycles. The first-order chi connectivity index (χ1) is 14.5. The molecule has 0 saturated carbocycles. The van der Waals surface area contributed by atoms with Crippen LogP contribution in [0.25, 0.3) is 10.4 Å². The molecule has 1 aromatic carbocycles. The minimum Gasteiger partial charge on any atom is -0.348 e.